The molecular formula is C19H21F3N4O2S. The van der Waals surface area contributed by atoms with E-state index in [2.05, 4.69) is 15.3 Å². The Labute approximate surface area is 170 Å². The summed E-state index contributed by atoms with van der Waals surface area (Å²) in [6.45, 7) is 2.02. The van der Waals surface area contributed by atoms with Crippen LogP contribution < -0.4 is 10.2 Å². The first kappa shape index (κ1) is 20.1. The Morgan fingerprint density at radius 1 is 1.24 bits per heavy atom. The molecule has 3 heterocycles. The molecule has 6 nitrogen and oxygen atoms in total. The van der Waals surface area contributed by atoms with Crippen LogP contribution in [0, 0.1) is 5.92 Å². The summed E-state index contributed by atoms with van der Waals surface area (Å²) in [5.74, 6) is 1.49. The van der Waals surface area contributed by atoms with Gasteiger partial charge in [0.1, 0.15) is 11.6 Å². The zero-order valence-corrected chi connectivity index (χ0v) is 16.5. The van der Waals surface area contributed by atoms with Gasteiger partial charge in [-0.3, -0.25) is 4.79 Å². The van der Waals surface area contributed by atoms with Gasteiger partial charge in [0.15, 0.2) is 16.6 Å². The van der Waals surface area contributed by atoms with Crippen molar-refractivity contribution in [3.05, 3.63) is 35.4 Å². The number of carbonyl (C=O) groups is 1. The van der Waals surface area contributed by atoms with Crippen LogP contribution in [0.2, 0.25) is 0 Å². The summed E-state index contributed by atoms with van der Waals surface area (Å²) >= 11 is 1.06. The Balaban J connectivity index is 1.43. The number of aromatic nitrogens is 2. The number of halogens is 3. The number of nitrogens with one attached hydrogen (secondary N) is 1. The van der Waals surface area contributed by atoms with Crippen LogP contribution in [0.3, 0.4) is 0 Å². The zero-order chi connectivity index (χ0) is 20.4. The van der Waals surface area contributed by atoms with E-state index in [1.807, 2.05) is 4.90 Å². The third kappa shape index (κ3) is 5.23. The second kappa shape index (κ2) is 8.25. The Morgan fingerprint density at radius 3 is 2.69 bits per heavy atom. The molecule has 10 heteroatoms. The van der Waals surface area contributed by atoms with Crippen molar-refractivity contribution < 1.29 is 22.4 Å². The maximum atomic E-state index is 13.2. The van der Waals surface area contributed by atoms with E-state index < -0.39 is 11.9 Å². The number of hydrogen-bond donors (Lipinski definition) is 1. The molecule has 2 aromatic heterocycles. The normalized spacial score (nSPS) is 17.0. The van der Waals surface area contributed by atoms with Crippen LogP contribution >= 0.6 is 11.8 Å². The molecule has 1 saturated heterocycles. The predicted octanol–water partition coefficient (Wildman–Crippen LogP) is 4.12. The fourth-order valence-electron chi connectivity index (χ4n) is 3.09. The molecule has 4 rings (SSSR count). The maximum Gasteiger partial charge on any atom is 0.433 e. The van der Waals surface area contributed by atoms with Gasteiger partial charge in [0.05, 0.1) is 5.75 Å². The highest BCUT2D eigenvalue weighted by Crippen LogP contribution is 2.33. The van der Waals surface area contributed by atoms with E-state index in [9.17, 15) is 18.0 Å². The van der Waals surface area contributed by atoms with Crippen LogP contribution in [-0.2, 0) is 11.9 Å². The first-order valence-corrected chi connectivity index (χ1v) is 10.6. The second-order valence-corrected chi connectivity index (χ2v) is 8.24. The van der Waals surface area contributed by atoms with Crippen molar-refractivity contribution >= 4 is 23.5 Å². The minimum absolute atomic E-state index is 0.0397. The summed E-state index contributed by atoms with van der Waals surface area (Å²) in [5.41, 5.74) is -0.948. The average Bonchev–Trinajstić information content (AvgIpc) is 3.16. The largest absolute Gasteiger partial charge is 0.455 e. The van der Waals surface area contributed by atoms with E-state index in [0.29, 0.717) is 37.1 Å². The van der Waals surface area contributed by atoms with Gasteiger partial charge in [-0.2, -0.15) is 13.2 Å². The third-order valence-corrected chi connectivity index (χ3v) is 5.76. The Morgan fingerprint density at radius 2 is 2.00 bits per heavy atom. The molecule has 1 saturated carbocycles. The molecule has 156 valence electrons. The lowest BCUT2D eigenvalue weighted by atomic mass is 10.3. The van der Waals surface area contributed by atoms with Crippen LogP contribution in [-0.4, -0.2) is 35.5 Å². The van der Waals surface area contributed by atoms with E-state index in [4.69, 9.17) is 4.42 Å². The third-order valence-electron chi connectivity index (χ3n) is 4.89. The van der Waals surface area contributed by atoms with Crippen molar-refractivity contribution in [2.45, 2.75) is 42.8 Å². The standard InChI is InChI=1S/C19H21F3N4O2S/c20-19(21,22)15-9-16(26-7-1-2-8-26)25-18(24-15)29-11-13-5-6-14(28-13)17(27)23-10-12-3-4-12/h5-6,9,12H,1-4,7-8,10-11H2,(H,23,27). The van der Waals surface area contributed by atoms with Gasteiger partial charge in [-0.15, -0.1) is 0 Å². The minimum Gasteiger partial charge on any atom is -0.455 e. The molecule has 0 aromatic carbocycles. The van der Waals surface area contributed by atoms with Crippen molar-refractivity contribution in [1.29, 1.82) is 0 Å². The van der Waals surface area contributed by atoms with Crippen LogP contribution in [0.15, 0.2) is 27.8 Å². The summed E-state index contributed by atoms with van der Waals surface area (Å²) in [4.78, 5) is 21.9. The average molecular weight is 426 g/mol. The fraction of sp³-hybridized carbons (Fsp3) is 0.526. The number of amides is 1. The Hall–Kier alpha value is -2.23. The highest BCUT2D eigenvalue weighted by atomic mass is 32.2. The van der Waals surface area contributed by atoms with Gasteiger partial charge in [-0.1, -0.05) is 11.8 Å². The molecule has 2 aliphatic rings. The van der Waals surface area contributed by atoms with Crippen LogP contribution in [0.25, 0.3) is 0 Å². The fourth-order valence-corrected chi connectivity index (χ4v) is 3.84. The van der Waals surface area contributed by atoms with Crippen molar-refractivity contribution in [3.8, 4) is 0 Å². The summed E-state index contributed by atoms with van der Waals surface area (Å²) in [6.07, 6.45) is -0.394. The number of nitrogens with zero attached hydrogens (tertiary/aromatic N) is 3. The molecular weight excluding hydrogens is 405 g/mol. The molecule has 1 aliphatic heterocycles. The van der Waals surface area contributed by atoms with E-state index in [0.717, 1.165) is 43.5 Å². The molecule has 29 heavy (non-hydrogen) atoms. The van der Waals surface area contributed by atoms with Gasteiger partial charge in [0.25, 0.3) is 5.91 Å². The first-order chi connectivity index (χ1) is 13.9. The van der Waals surface area contributed by atoms with E-state index in [1.54, 1.807) is 12.1 Å². The summed E-state index contributed by atoms with van der Waals surface area (Å²) in [6, 6.07) is 4.22. The first-order valence-electron chi connectivity index (χ1n) is 9.59. The molecule has 0 unspecified atom stereocenters. The van der Waals surface area contributed by atoms with E-state index >= 15 is 0 Å². The van der Waals surface area contributed by atoms with Crippen LogP contribution in [0.1, 0.15) is 47.7 Å². The van der Waals surface area contributed by atoms with Gasteiger partial charge >= 0.3 is 6.18 Å². The number of hydrogen-bond acceptors (Lipinski definition) is 6. The number of furan rings is 1. The van der Waals surface area contributed by atoms with E-state index in [-0.39, 0.29) is 22.6 Å². The summed E-state index contributed by atoms with van der Waals surface area (Å²) < 4.78 is 45.3. The lowest BCUT2D eigenvalue weighted by Crippen LogP contribution is -2.24. The Bertz CT molecular complexity index is 877. The van der Waals surface area contributed by atoms with E-state index in [1.165, 1.54) is 0 Å². The van der Waals surface area contributed by atoms with Gasteiger partial charge < -0.3 is 14.6 Å². The number of carbonyl (C=O) groups excluding carboxylic acids is 1. The predicted molar refractivity (Wildman–Crippen MR) is 102 cm³/mol. The molecule has 1 N–H and O–H groups in total. The SMILES string of the molecule is O=C(NCC1CC1)c1ccc(CSc2nc(N3CCCC3)cc(C(F)(F)F)n2)o1. The molecule has 1 aliphatic carbocycles. The molecule has 1 amide bonds. The minimum atomic E-state index is -4.54. The molecule has 0 radical (unpaired) electrons. The lowest BCUT2D eigenvalue weighted by molar-refractivity contribution is -0.141. The molecule has 0 spiro atoms. The summed E-state index contributed by atoms with van der Waals surface area (Å²) in [5, 5.41) is 2.86. The quantitative estimate of drug-likeness (QED) is 0.531. The van der Waals surface area contributed by atoms with Crippen molar-refractivity contribution in [1.82, 2.24) is 15.3 Å². The number of anilines is 1. The maximum absolute atomic E-state index is 13.2. The van der Waals surface area contributed by atoms with Crippen molar-refractivity contribution in [3.63, 3.8) is 0 Å². The highest BCUT2D eigenvalue weighted by molar-refractivity contribution is 7.98. The monoisotopic (exact) mass is 426 g/mol. The topological polar surface area (TPSA) is 71.3 Å². The smallest absolute Gasteiger partial charge is 0.433 e. The van der Waals surface area contributed by atoms with Crippen LogP contribution in [0.4, 0.5) is 19.0 Å². The molecule has 2 fully saturated rings. The summed E-state index contributed by atoms with van der Waals surface area (Å²) in [7, 11) is 0. The zero-order valence-electron chi connectivity index (χ0n) is 15.7. The van der Waals surface area contributed by atoms with Gasteiger partial charge in [0, 0.05) is 25.7 Å². The number of thioether (sulfide) groups is 1. The van der Waals surface area contributed by atoms with Crippen LogP contribution in [0.5, 0.6) is 0 Å². The van der Waals surface area contributed by atoms with Crippen molar-refractivity contribution in [2.24, 2.45) is 5.92 Å². The van der Waals surface area contributed by atoms with Crippen molar-refractivity contribution in [2.75, 3.05) is 24.5 Å². The highest BCUT2D eigenvalue weighted by Gasteiger charge is 2.34. The Kier molecular flexibility index (Phi) is 5.71. The van der Waals surface area contributed by atoms with Gasteiger partial charge in [-0.05, 0) is 43.7 Å². The molecule has 0 atom stereocenters. The lowest BCUT2D eigenvalue weighted by Gasteiger charge is -2.18. The number of alkyl halides is 3. The second-order valence-electron chi connectivity index (χ2n) is 7.29. The molecule has 2 aromatic rings. The number of rotatable bonds is 7. The van der Waals surface area contributed by atoms with Gasteiger partial charge in [0.2, 0.25) is 0 Å². The van der Waals surface area contributed by atoms with Gasteiger partial charge in [-0.25, -0.2) is 9.97 Å². The molecule has 0 bridgehead atoms.